The lowest BCUT2D eigenvalue weighted by Gasteiger charge is -2.58. The molecule has 2 saturated heterocycles. The second-order valence-electron chi connectivity index (χ2n) is 11.3. The highest BCUT2D eigenvalue weighted by atomic mass is 19.4. The molecule has 2 N–H and O–H groups in total. The van der Waals surface area contributed by atoms with E-state index in [1.54, 1.807) is 10.7 Å². The van der Waals surface area contributed by atoms with Crippen molar-refractivity contribution in [2.75, 3.05) is 63.6 Å². The standard InChI is InChI=1S/C28H32F3N7O4/c1-35-7-9-36(10-8-35)19-5-6-38-23(11-19)21(15-32-38)25(39)37-16-27(17-37)13-18(14-27)33-26(40)34-22-12-20(42-28(29,30)31)3-4-24(22)41-2/h3-6,11-12,15,18H,7-10,13-14,16-17H2,1-2H3,(H2,33,34,40). The van der Waals surface area contributed by atoms with Crippen LogP contribution in [-0.2, 0) is 0 Å². The van der Waals surface area contributed by atoms with Crippen molar-refractivity contribution in [3.05, 3.63) is 48.3 Å². The monoisotopic (exact) mass is 587 g/mol. The molecule has 2 aliphatic heterocycles. The van der Waals surface area contributed by atoms with Crippen molar-refractivity contribution in [2.24, 2.45) is 5.41 Å². The molecule has 0 atom stereocenters. The summed E-state index contributed by atoms with van der Waals surface area (Å²) in [4.78, 5) is 32.4. The molecule has 4 heterocycles. The minimum Gasteiger partial charge on any atom is -0.495 e. The number of halogens is 3. The molecule has 3 amide bonds. The van der Waals surface area contributed by atoms with Gasteiger partial charge in [-0.05, 0) is 44.2 Å². The third-order valence-electron chi connectivity index (χ3n) is 8.29. The molecule has 1 spiro atoms. The summed E-state index contributed by atoms with van der Waals surface area (Å²) in [5, 5.41) is 9.77. The van der Waals surface area contributed by atoms with Crippen LogP contribution < -0.4 is 25.0 Å². The van der Waals surface area contributed by atoms with Gasteiger partial charge in [0.2, 0.25) is 0 Å². The molecule has 3 aliphatic rings. The Balaban J connectivity index is 1.02. The maximum atomic E-state index is 13.4. The lowest BCUT2D eigenvalue weighted by Crippen LogP contribution is -2.67. The number of rotatable bonds is 6. The number of aromatic nitrogens is 2. The fraction of sp³-hybridized carbons (Fsp3) is 0.464. The Kier molecular flexibility index (Phi) is 7.03. The number of amides is 3. The number of carbonyl (C=O) groups is 2. The van der Waals surface area contributed by atoms with E-state index in [0.717, 1.165) is 49.5 Å². The van der Waals surface area contributed by atoms with Gasteiger partial charge in [-0.3, -0.25) is 4.79 Å². The Labute approximate surface area is 240 Å². The van der Waals surface area contributed by atoms with Crippen LogP contribution in [0, 0.1) is 5.41 Å². The van der Waals surface area contributed by atoms with Gasteiger partial charge >= 0.3 is 12.4 Å². The van der Waals surface area contributed by atoms with E-state index in [9.17, 15) is 22.8 Å². The van der Waals surface area contributed by atoms with Gasteiger partial charge in [0.25, 0.3) is 5.91 Å². The molecule has 1 saturated carbocycles. The first-order chi connectivity index (χ1) is 20.0. The number of nitrogens with zero attached hydrogens (tertiary/aromatic N) is 5. The Bertz CT molecular complexity index is 1490. The normalized spacial score (nSPS) is 18.9. The van der Waals surface area contributed by atoms with Crippen LogP contribution in [-0.4, -0.2) is 97.2 Å². The molecule has 6 rings (SSSR count). The van der Waals surface area contributed by atoms with Crippen molar-refractivity contribution in [3.8, 4) is 11.5 Å². The van der Waals surface area contributed by atoms with Crippen LogP contribution in [0.2, 0.25) is 0 Å². The van der Waals surface area contributed by atoms with Crippen molar-refractivity contribution in [3.63, 3.8) is 0 Å². The predicted octanol–water partition coefficient (Wildman–Crippen LogP) is 3.42. The third kappa shape index (κ3) is 5.62. The Morgan fingerprint density at radius 2 is 1.81 bits per heavy atom. The molecule has 1 aliphatic carbocycles. The number of pyridine rings is 1. The number of hydrogen-bond acceptors (Lipinski definition) is 7. The Morgan fingerprint density at radius 1 is 1.07 bits per heavy atom. The molecule has 0 radical (unpaired) electrons. The van der Waals surface area contributed by atoms with E-state index in [-0.39, 0.29) is 28.8 Å². The van der Waals surface area contributed by atoms with Gasteiger partial charge in [0.1, 0.15) is 11.5 Å². The summed E-state index contributed by atoms with van der Waals surface area (Å²) in [6, 6.07) is 6.82. The maximum Gasteiger partial charge on any atom is 0.573 e. The number of alkyl halides is 3. The van der Waals surface area contributed by atoms with E-state index in [0.29, 0.717) is 31.5 Å². The van der Waals surface area contributed by atoms with Crippen LogP contribution in [0.25, 0.3) is 5.52 Å². The van der Waals surface area contributed by atoms with Crippen molar-refractivity contribution < 1.29 is 32.2 Å². The van der Waals surface area contributed by atoms with Crippen LogP contribution in [0.1, 0.15) is 23.2 Å². The van der Waals surface area contributed by atoms with Crippen molar-refractivity contribution in [1.29, 1.82) is 0 Å². The smallest absolute Gasteiger partial charge is 0.495 e. The number of nitrogens with one attached hydrogen (secondary N) is 2. The Hall–Kier alpha value is -4.20. The number of piperazine rings is 1. The summed E-state index contributed by atoms with van der Waals surface area (Å²) in [6.07, 6.45) is 0.0434. The number of anilines is 2. The number of fused-ring (bicyclic) bond motifs is 1. The van der Waals surface area contributed by atoms with E-state index in [2.05, 4.69) is 37.3 Å². The topological polar surface area (TPSA) is 104 Å². The van der Waals surface area contributed by atoms with Gasteiger partial charge < -0.3 is 34.8 Å². The number of methoxy groups -OCH3 is 1. The Morgan fingerprint density at radius 3 is 2.50 bits per heavy atom. The molecule has 14 heteroatoms. The SMILES string of the molecule is COc1ccc(OC(F)(F)F)cc1NC(=O)NC1CC2(C1)CN(C(=O)c1cnn3ccc(N4CCN(C)CC4)cc13)C2. The van der Waals surface area contributed by atoms with E-state index in [1.165, 1.54) is 13.2 Å². The zero-order chi connectivity index (χ0) is 29.6. The summed E-state index contributed by atoms with van der Waals surface area (Å²) < 4.78 is 48.6. The van der Waals surface area contributed by atoms with Gasteiger partial charge in [-0.25, -0.2) is 9.31 Å². The first-order valence-electron chi connectivity index (χ1n) is 13.7. The number of likely N-dealkylation sites (N-methyl/N-ethyl adjacent to an activating group) is 1. The van der Waals surface area contributed by atoms with E-state index < -0.39 is 18.1 Å². The van der Waals surface area contributed by atoms with Gasteiger partial charge in [0.05, 0.1) is 30.1 Å². The summed E-state index contributed by atoms with van der Waals surface area (Å²) >= 11 is 0. The highest BCUT2D eigenvalue weighted by Gasteiger charge is 2.54. The van der Waals surface area contributed by atoms with Crippen LogP contribution >= 0.6 is 0 Å². The minimum atomic E-state index is -4.86. The second kappa shape index (κ2) is 10.6. The van der Waals surface area contributed by atoms with Gasteiger partial charge in [0, 0.05) is 68.7 Å². The maximum absolute atomic E-state index is 13.4. The van der Waals surface area contributed by atoms with Crippen LogP contribution in [0.15, 0.2) is 42.7 Å². The zero-order valence-electron chi connectivity index (χ0n) is 23.3. The number of carbonyl (C=O) groups excluding carboxylic acids is 2. The largest absolute Gasteiger partial charge is 0.573 e. The molecule has 3 fully saturated rings. The van der Waals surface area contributed by atoms with E-state index in [4.69, 9.17) is 4.74 Å². The average Bonchev–Trinajstić information content (AvgIpc) is 3.32. The number of hydrogen-bond donors (Lipinski definition) is 2. The molecular formula is C28H32F3N7O4. The van der Waals surface area contributed by atoms with Crippen molar-refractivity contribution in [2.45, 2.75) is 25.2 Å². The third-order valence-corrected chi connectivity index (χ3v) is 8.29. The molecule has 11 nitrogen and oxygen atoms in total. The summed E-state index contributed by atoms with van der Waals surface area (Å²) in [6.45, 7) is 5.01. The van der Waals surface area contributed by atoms with E-state index in [1.807, 2.05) is 23.2 Å². The molecule has 3 aromatic rings. The molecular weight excluding hydrogens is 555 g/mol. The van der Waals surface area contributed by atoms with Crippen LogP contribution in [0.4, 0.5) is 29.3 Å². The van der Waals surface area contributed by atoms with E-state index >= 15 is 0 Å². The fourth-order valence-electron chi connectivity index (χ4n) is 6.14. The van der Waals surface area contributed by atoms with Gasteiger partial charge in [0.15, 0.2) is 0 Å². The van der Waals surface area contributed by atoms with Crippen LogP contribution in [0.5, 0.6) is 11.5 Å². The first kappa shape index (κ1) is 27.9. The second-order valence-corrected chi connectivity index (χ2v) is 11.3. The molecule has 224 valence electrons. The molecule has 0 unspecified atom stereocenters. The van der Waals surface area contributed by atoms with Crippen molar-refractivity contribution in [1.82, 2.24) is 24.7 Å². The lowest BCUT2D eigenvalue weighted by molar-refractivity contribution is -0.274. The molecule has 42 heavy (non-hydrogen) atoms. The lowest BCUT2D eigenvalue weighted by atomic mass is 9.60. The average molecular weight is 588 g/mol. The minimum absolute atomic E-state index is 0.0513. The highest BCUT2D eigenvalue weighted by Crippen LogP contribution is 2.49. The number of benzene rings is 1. The zero-order valence-corrected chi connectivity index (χ0v) is 23.3. The molecule has 2 aromatic heterocycles. The summed E-state index contributed by atoms with van der Waals surface area (Å²) in [5.41, 5.74) is 2.42. The molecule has 0 bridgehead atoms. The molecule has 1 aromatic carbocycles. The number of urea groups is 1. The summed E-state index contributed by atoms with van der Waals surface area (Å²) in [7, 11) is 3.46. The van der Waals surface area contributed by atoms with Gasteiger partial charge in [-0.1, -0.05) is 0 Å². The van der Waals surface area contributed by atoms with Gasteiger partial charge in [-0.15, -0.1) is 13.2 Å². The first-order valence-corrected chi connectivity index (χ1v) is 13.7. The number of likely N-dealkylation sites (tertiary alicyclic amines) is 1. The predicted molar refractivity (Wildman–Crippen MR) is 148 cm³/mol. The quantitative estimate of drug-likeness (QED) is 0.456. The van der Waals surface area contributed by atoms with Crippen LogP contribution in [0.3, 0.4) is 0 Å². The highest BCUT2D eigenvalue weighted by molar-refractivity contribution is 6.01. The number of ether oxygens (including phenoxy) is 2. The van der Waals surface area contributed by atoms with Gasteiger partial charge in [-0.2, -0.15) is 5.10 Å². The fourth-order valence-corrected chi connectivity index (χ4v) is 6.14. The van der Waals surface area contributed by atoms with Crippen molar-refractivity contribution >= 4 is 28.8 Å². The summed E-state index contributed by atoms with van der Waals surface area (Å²) in [5.74, 6) is -0.336.